The van der Waals surface area contributed by atoms with Gasteiger partial charge in [-0.1, -0.05) is 18.5 Å². The molecule has 0 bridgehead atoms. The first-order valence-corrected chi connectivity index (χ1v) is 6.01. The third-order valence-corrected chi connectivity index (χ3v) is 3.01. The second-order valence-corrected chi connectivity index (χ2v) is 4.78. The molecule has 3 heteroatoms. The Balaban J connectivity index is 2.80. The van der Waals surface area contributed by atoms with Crippen molar-refractivity contribution >= 4 is 11.6 Å². The van der Waals surface area contributed by atoms with Crippen LogP contribution >= 0.6 is 11.6 Å². The fraction of sp³-hybridized carbons (Fsp3) is 0.538. The molecule has 0 heterocycles. The normalized spacial score (nSPS) is 14.6. The second-order valence-electron chi connectivity index (χ2n) is 4.34. The van der Waals surface area contributed by atoms with E-state index < -0.39 is 0 Å². The van der Waals surface area contributed by atoms with Gasteiger partial charge in [0.2, 0.25) is 0 Å². The van der Waals surface area contributed by atoms with Crippen molar-refractivity contribution in [2.45, 2.75) is 38.6 Å². The second kappa shape index (κ2) is 6.12. The van der Waals surface area contributed by atoms with E-state index in [1.54, 1.807) is 7.11 Å². The average molecular weight is 242 g/mol. The van der Waals surface area contributed by atoms with E-state index in [-0.39, 0.29) is 6.04 Å². The molecule has 0 saturated heterocycles. The van der Waals surface area contributed by atoms with Crippen molar-refractivity contribution in [2.75, 3.05) is 7.11 Å². The molecule has 1 rings (SSSR count). The van der Waals surface area contributed by atoms with Crippen LogP contribution in [-0.2, 0) is 0 Å². The monoisotopic (exact) mass is 241 g/mol. The van der Waals surface area contributed by atoms with Gasteiger partial charge >= 0.3 is 0 Å². The van der Waals surface area contributed by atoms with E-state index in [0.717, 1.165) is 29.2 Å². The van der Waals surface area contributed by atoms with Crippen LogP contribution in [0, 0.1) is 0 Å². The van der Waals surface area contributed by atoms with E-state index in [0.29, 0.717) is 5.92 Å². The van der Waals surface area contributed by atoms with Gasteiger partial charge in [-0.05, 0) is 49.4 Å². The van der Waals surface area contributed by atoms with Crippen LogP contribution in [0.2, 0.25) is 5.02 Å². The summed E-state index contributed by atoms with van der Waals surface area (Å²) in [4.78, 5) is 0. The first-order chi connectivity index (χ1) is 7.54. The third-order valence-electron chi connectivity index (χ3n) is 2.78. The van der Waals surface area contributed by atoms with Crippen molar-refractivity contribution in [2.24, 2.45) is 5.73 Å². The highest BCUT2D eigenvalue weighted by Gasteiger charge is 2.12. The van der Waals surface area contributed by atoms with E-state index in [2.05, 4.69) is 6.92 Å². The molecule has 16 heavy (non-hydrogen) atoms. The zero-order chi connectivity index (χ0) is 12.1. The smallest absolute Gasteiger partial charge is 0.122 e. The van der Waals surface area contributed by atoms with Gasteiger partial charge < -0.3 is 10.5 Å². The van der Waals surface area contributed by atoms with E-state index >= 15 is 0 Å². The van der Waals surface area contributed by atoms with Crippen LogP contribution < -0.4 is 10.5 Å². The number of nitrogens with two attached hydrogens (primary N) is 1. The molecule has 0 aliphatic carbocycles. The summed E-state index contributed by atoms with van der Waals surface area (Å²) in [6, 6.07) is 5.99. The van der Waals surface area contributed by atoms with Crippen molar-refractivity contribution in [1.29, 1.82) is 0 Å². The Hall–Kier alpha value is -0.730. The molecule has 2 N–H and O–H groups in total. The highest BCUT2D eigenvalue weighted by atomic mass is 35.5. The molecular formula is C13H20ClNO. The summed E-state index contributed by atoms with van der Waals surface area (Å²) in [6.07, 6.45) is 2.06. The Kier molecular flexibility index (Phi) is 5.10. The van der Waals surface area contributed by atoms with E-state index in [1.165, 1.54) is 0 Å². The number of methoxy groups -OCH3 is 1. The van der Waals surface area contributed by atoms with Crippen LogP contribution in [0.1, 0.15) is 38.2 Å². The number of rotatable bonds is 5. The van der Waals surface area contributed by atoms with Gasteiger partial charge in [0.15, 0.2) is 0 Å². The number of halogens is 1. The maximum Gasteiger partial charge on any atom is 0.122 e. The van der Waals surface area contributed by atoms with Gasteiger partial charge in [0.1, 0.15) is 5.75 Å². The van der Waals surface area contributed by atoms with Gasteiger partial charge in [-0.2, -0.15) is 0 Å². The molecule has 1 aromatic carbocycles. The zero-order valence-electron chi connectivity index (χ0n) is 10.2. The molecule has 2 nitrogen and oxygen atoms in total. The van der Waals surface area contributed by atoms with E-state index in [1.807, 2.05) is 25.1 Å². The van der Waals surface area contributed by atoms with Crippen LogP contribution in [0.5, 0.6) is 5.75 Å². The molecule has 0 aliphatic heterocycles. The number of hydrogen-bond donors (Lipinski definition) is 1. The highest BCUT2D eigenvalue weighted by molar-refractivity contribution is 6.30. The number of hydrogen-bond acceptors (Lipinski definition) is 2. The Morgan fingerprint density at radius 2 is 2.00 bits per heavy atom. The van der Waals surface area contributed by atoms with Crippen LogP contribution in [0.4, 0.5) is 0 Å². The molecule has 0 fully saturated rings. The average Bonchev–Trinajstić information content (AvgIpc) is 2.25. The Morgan fingerprint density at radius 1 is 1.31 bits per heavy atom. The minimum Gasteiger partial charge on any atom is -0.496 e. The molecule has 0 aromatic heterocycles. The summed E-state index contributed by atoms with van der Waals surface area (Å²) in [6.45, 7) is 4.21. The SMILES string of the molecule is COc1ccc(Cl)cc1C(C)CCC(C)N. The van der Waals surface area contributed by atoms with Gasteiger partial charge in [0.25, 0.3) is 0 Å². The Labute approximate surface area is 103 Å². The molecule has 90 valence electrons. The molecule has 0 amide bonds. The molecule has 2 atom stereocenters. The van der Waals surface area contributed by atoms with Crippen molar-refractivity contribution < 1.29 is 4.74 Å². The fourth-order valence-electron chi connectivity index (χ4n) is 1.76. The van der Waals surface area contributed by atoms with Gasteiger partial charge in [-0.3, -0.25) is 0 Å². The fourth-order valence-corrected chi connectivity index (χ4v) is 1.94. The first kappa shape index (κ1) is 13.3. The minimum absolute atomic E-state index is 0.243. The van der Waals surface area contributed by atoms with Crippen LogP contribution in [0.15, 0.2) is 18.2 Å². The lowest BCUT2D eigenvalue weighted by atomic mass is 9.94. The zero-order valence-corrected chi connectivity index (χ0v) is 10.9. The van der Waals surface area contributed by atoms with Crippen LogP contribution in [0.25, 0.3) is 0 Å². The standard InChI is InChI=1S/C13H20ClNO/c1-9(4-5-10(2)15)12-8-11(14)6-7-13(12)16-3/h6-10H,4-5,15H2,1-3H3. The predicted octanol–water partition coefficient (Wildman–Crippen LogP) is 3.58. The van der Waals surface area contributed by atoms with Gasteiger partial charge in [0.05, 0.1) is 7.11 Å². The summed E-state index contributed by atoms with van der Waals surface area (Å²) in [5.74, 6) is 1.32. The summed E-state index contributed by atoms with van der Waals surface area (Å²) >= 11 is 6.00. The van der Waals surface area contributed by atoms with Crippen molar-refractivity contribution in [1.82, 2.24) is 0 Å². The molecule has 2 unspecified atom stereocenters. The highest BCUT2D eigenvalue weighted by Crippen LogP contribution is 2.32. The van der Waals surface area contributed by atoms with Crippen LogP contribution in [0.3, 0.4) is 0 Å². The van der Waals surface area contributed by atoms with E-state index in [4.69, 9.17) is 22.1 Å². The van der Waals surface area contributed by atoms with Crippen molar-refractivity contribution in [3.8, 4) is 5.75 Å². The molecule has 1 aromatic rings. The Morgan fingerprint density at radius 3 is 2.56 bits per heavy atom. The molecule has 0 saturated carbocycles. The maximum atomic E-state index is 6.00. The number of ether oxygens (including phenoxy) is 1. The van der Waals surface area contributed by atoms with Crippen molar-refractivity contribution in [3.63, 3.8) is 0 Å². The molecule has 0 aliphatic rings. The third kappa shape index (κ3) is 3.69. The molecule has 0 radical (unpaired) electrons. The van der Waals surface area contributed by atoms with Gasteiger partial charge in [-0.25, -0.2) is 0 Å². The lowest BCUT2D eigenvalue weighted by Crippen LogP contribution is -2.15. The Bertz CT molecular complexity index is 339. The molecular weight excluding hydrogens is 222 g/mol. The van der Waals surface area contributed by atoms with E-state index in [9.17, 15) is 0 Å². The largest absolute Gasteiger partial charge is 0.496 e. The van der Waals surface area contributed by atoms with Gasteiger partial charge in [0, 0.05) is 11.1 Å². The summed E-state index contributed by atoms with van der Waals surface area (Å²) in [5.41, 5.74) is 6.92. The maximum absolute atomic E-state index is 6.00. The van der Waals surface area contributed by atoms with Gasteiger partial charge in [-0.15, -0.1) is 0 Å². The molecule has 0 spiro atoms. The quantitative estimate of drug-likeness (QED) is 0.855. The van der Waals surface area contributed by atoms with Crippen LogP contribution in [-0.4, -0.2) is 13.2 Å². The summed E-state index contributed by atoms with van der Waals surface area (Å²) in [5, 5.41) is 0.753. The van der Waals surface area contributed by atoms with Crippen molar-refractivity contribution in [3.05, 3.63) is 28.8 Å². The summed E-state index contributed by atoms with van der Waals surface area (Å²) in [7, 11) is 1.69. The lowest BCUT2D eigenvalue weighted by molar-refractivity contribution is 0.404. The predicted molar refractivity (Wildman–Crippen MR) is 69.3 cm³/mol. The minimum atomic E-state index is 0.243. The lowest BCUT2D eigenvalue weighted by Gasteiger charge is -2.17. The number of benzene rings is 1. The topological polar surface area (TPSA) is 35.2 Å². The summed E-state index contributed by atoms with van der Waals surface area (Å²) < 4.78 is 5.34. The first-order valence-electron chi connectivity index (χ1n) is 5.63.